The molecule has 1 aromatic carbocycles. The summed E-state index contributed by atoms with van der Waals surface area (Å²) in [5.74, 6) is 0.954. The molecule has 0 spiro atoms. The first-order valence-electron chi connectivity index (χ1n) is 11.1. The minimum Gasteiger partial charge on any atom is -0.350 e. The molecule has 3 rings (SSSR count). The third kappa shape index (κ3) is 4.72. The van der Waals surface area contributed by atoms with Crippen molar-refractivity contribution in [2.24, 2.45) is 11.8 Å². The Morgan fingerprint density at radius 2 is 2.03 bits per heavy atom. The molecule has 1 heterocycles. The van der Waals surface area contributed by atoms with E-state index in [1.807, 2.05) is 19.9 Å². The second-order valence-corrected chi connectivity index (χ2v) is 8.40. The predicted molar refractivity (Wildman–Crippen MR) is 115 cm³/mol. The van der Waals surface area contributed by atoms with Crippen molar-refractivity contribution in [1.82, 2.24) is 14.9 Å². The SMILES string of the molecule is CCCc1ccc(-n2c(CC)nc(C(=O)NCC3CCC(C)CC3)c2C#N)c(F)c1. The number of halogens is 1. The summed E-state index contributed by atoms with van der Waals surface area (Å²) in [6.07, 6.45) is 6.79. The smallest absolute Gasteiger partial charge is 0.272 e. The second-order valence-electron chi connectivity index (χ2n) is 8.40. The van der Waals surface area contributed by atoms with Crippen LogP contribution in [0.4, 0.5) is 4.39 Å². The van der Waals surface area contributed by atoms with Crippen molar-refractivity contribution in [3.63, 3.8) is 0 Å². The molecule has 1 saturated carbocycles. The topological polar surface area (TPSA) is 70.7 Å². The highest BCUT2D eigenvalue weighted by molar-refractivity contribution is 5.94. The van der Waals surface area contributed by atoms with Gasteiger partial charge in [-0.25, -0.2) is 9.37 Å². The number of hydrogen-bond acceptors (Lipinski definition) is 3. The zero-order valence-electron chi connectivity index (χ0n) is 18.2. The Kier molecular flexibility index (Phi) is 7.25. The molecule has 0 aliphatic heterocycles. The molecule has 1 aliphatic carbocycles. The molecule has 1 aromatic heterocycles. The Hall–Kier alpha value is -2.68. The van der Waals surface area contributed by atoms with Crippen LogP contribution in [0.2, 0.25) is 0 Å². The molecule has 0 radical (unpaired) electrons. The lowest BCUT2D eigenvalue weighted by Gasteiger charge is -2.26. The molecular weight excluding hydrogens is 379 g/mol. The molecule has 30 heavy (non-hydrogen) atoms. The number of nitriles is 1. The number of hydrogen-bond donors (Lipinski definition) is 1. The van der Waals surface area contributed by atoms with E-state index in [0.29, 0.717) is 24.7 Å². The molecule has 160 valence electrons. The molecule has 1 aliphatic rings. The molecule has 0 saturated heterocycles. The molecule has 6 heteroatoms. The van der Waals surface area contributed by atoms with E-state index < -0.39 is 5.82 Å². The first-order chi connectivity index (χ1) is 14.5. The Labute approximate surface area is 178 Å². The number of carbonyl (C=O) groups excluding carboxylic acids is 1. The van der Waals surface area contributed by atoms with Gasteiger partial charge in [0.05, 0.1) is 5.69 Å². The normalized spacial score (nSPS) is 18.8. The monoisotopic (exact) mass is 410 g/mol. The van der Waals surface area contributed by atoms with Crippen molar-refractivity contribution < 1.29 is 9.18 Å². The summed E-state index contributed by atoms with van der Waals surface area (Å²) >= 11 is 0. The lowest BCUT2D eigenvalue weighted by Crippen LogP contribution is -2.31. The number of benzene rings is 1. The van der Waals surface area contributed by atoms with Gasteiger partial charge < -0.3 is 5.32 Å². The number of imidazole rings is 1. The quantitative estimate of drug-likeness (QED) is 0.702. The molecular formula is C24H31FN4O. The Morgan fingerprint density at radius 3 is 2.63 bits per heavy atom. The summed E-state index contributed by atoms with van der Waals surface area (Å²) in [4.78, 5) is 17.2. The molecule has 0 unspecified atom stereocenters. The predicted octanol–water partition coefficient (Wildman–Crippen LogP) is 4.95. The van der Waals surface area contributed by atoms with Crippen LogP contribution < -0.4 is 5.32 Å². The summed E-state index contributed by atoms with van der Waals surface area (Å²) in [6, 6.07) is 7.13. The highest BCUT2D eigenvalue weighted by Crippen LogP contribution is 2.28. The van der Waals surface area contributed by atoms with Crippen molar-refractivity contribution in [3.8, 4) is 11.8 Å². The van der Waals surface area contributed by atoms with Crippen molar-refractivity contribution in [3.05, 3.63) is 46.8 Å². The lowest BCUT2D eigenvalue weighted by atomic mass is 9.83. The maximum absolute atomic E-state index is 14.9. The lowest BCUT2D eigenvalue weighted by molar-refractivity contribution is 0.0937. The third-order valence-electron chi connectivity index (χ3n) is 6.06. The van der Waals surface area contributed by atoms with Crippen LogP contribution in [0.5, 0.6) is 0 Å². The van der Waals surface area contributed by atoms with E-state index in [9.17, 15) is 14.4 Å². The van der Waals surface area contributed by atoms with E-state index >= 15 is 0 Å². The maximum Gasteiger partial charge on any atom is 0.272 e. The van der Waals surface area contributed by atoms with E-state index in [0.717, 1.165) is 37.2 Å². The molecule has 2 aromatic rings. The molecule has 1 N–H and O–H groups in total. The maximum atomic E-state index is 14.9. The van der Waals surface area contributed by atoms with Crippen LogP contribution in [0.1, 0.15) is 80.4 Å². The fourth-order valence-electron chi connectivity index (χ4n) is 4.25. The molecule has 0 atom stereocenters. The fourth-order valence-corrected chi connectivity index (χ4v) is 4.25. The van der Waals surface area contributed by atoms with Gasteiger partial charge in [-0.05, 0) is 48.8 Å². The van der Waals surface area contributed by atoms with Crippen LogP contribution >= 0.6 is 0 Å². The zero-order chi connectivity index (χ0) is 21.7. The van der Waals surface area contributed by atoms with Crippen molar-refractivity contribution in [2.75, 3.05) is 6.54 Å². The van der Waals surface area contributed by atoms with Crippen LogP contribution in [-0.4, -0.2) is 22.0 Å². The number of nitrogens with one attached hydrogen (secondary N) is 1. The number of aryl methyl sites for hydroxylation is 2. The van der Waals surface area contributed by atoms with Gasteiger partial charge in [-0.1, -0.05) is 46.1 Å². The van der Waals surface area contributed by atoms with Gasteiger partial charge in [0, 0.05) is 13.0 Å². The average molecular weight is 411 g/mol. The van der Waals surface area contributed by atoms with Crippen LogP contribution in [-0.2, 0) is 12.8 Å². The van der Waals surface area contributed by atoms with Crippen LogP contribution in [0.25, 0.3) is 5.69 Å². The van der Waals surface area contributed by atoms with Crippen LogP contribution in [0.15, 0.2) is 18.2 Å². The second kappa shape index (κ2) is 9.88. The van der Waals surface area contributed by atoms with Crippen molar-refractivity contribution >= 4 is 5.91 Å². The summed E-state index contributed by atoms with van der Waals surface area (Å²) in [5.41, 5.74) is 1.34. The standard InChI is InChI=1S/C24H31FN4O/c1-4-6-17-11-12-20(19(25)13-17)29-21(14-26)23(28-22(29)5-2)24(30)27-15-18-9-7-16(3)8-10-18/h11-13,16,18H,4-10,15H2,1-3H3,(H,27,30). The largest absolute Gasteiger partial charge is 0.350 e. The highest BCUT2D eigenvalue weighted by Gasteiger charge is 2.25. The van der Waals surface area contributed by atoms with Gasteiger partial charge in [0.15, 0.2) is 11.4 Å². The van der Waals surface area contributed by atoms with E-state index in [2.05, 4.69) is 23.3 Å². The van der Waals surface area contributed by atoms with Gasteiger partial charge in [-0.15, -0.1) is 0 Å². The Bertz CT molecular complexity index is 935. The summed E-state index contributed by atoms with van der Waals surface area (Å²) in [5, 5.41) is 12.7. The van der Waals surface area contributed by atoms with Gasteiger partial charge in [0.2, 0.25) is 0 Å². The number of nitrogens with zero attached hydrogens (tertiary/aromatic N) is 3. The minimum atomic E-state index is -0.409. The van der Waals surface area contributed by atoms with Gasteiger partial charge in [-0.2, -0.15) is 5.26 Å². The molecule has 1 fully saturated rings. The summed E-state index contributed by atoms with van der Waals surface area (Å²) in [7, 11) is 0. The van der Waals surface area contributed by atoms with E-state index in [1.165, 1.54) is 23.5 Å². The molecule has 0 bridgehead atoms. The molecule has 1 amide bonds. The van der Waals surface area contributed by atoms with Crippen molar-refractivity contribution in [2.45, 2.75) is 65.7 Å². The van der Waals surface area contributed by atoms with Gasteiger partial charge >= 0.3 is 0 Å². The highest BCUT2D eigenvalue weighted by atomic mass is 19.1. The number of amides is 1. The fraction of sp³-hybridized carbons (Fsp3) is 0.542. The number of rotatable bonds is 7. The van der Waals surface area contributed by atoms with Crippen molar-refractivity contribution in [1.29, 1.82) is 5.26 Å². The van der Waals surface area contributed by atoms with Crippen LogP contribution in [0.3, 0.4) is 0 Å². The van der Waals surface area contributed by atoms with Gasteiger partial charge in [0.1, 0.15) is 17.7 Å². The van der Waals surface area contributed by atoms with E-state index in [4.69, 9.17) is 0 Å². The number of carbonyl (C=O) groups is 1. The minimum absolute atomic E-state index is 0.0792. The average Bonchev–Trinajstić information content (AvgIpc) is 3.12. The Balaban J connectivity index is 1.86. The van der Waals surface area contributed by atoms with Gasteiger partial charge in [-0.3, -0.25) is 9.36 Å². The first kappa shape index (κ1) is 22.0. The van der Waals surface area contributed by atoms with Gasteiger partial charge in [0.25, 0.3) is 5.91 Å². The zero-order valence-corrected chi connectivity index (χ0v) is 18.2. The first-order valence-corrected chi connectivity index (χ1v) is 11.1. The number of aromatic nitrogens is 2. The van der Waals surface area contributed by atoms with Crippen LogP contribution in [0, 0.1) is 29.0 Å². The van der Waals surface area contributed by atoms with E-state index in [-0.39, 0.29) is 23.0 Å². The summed E-state index contributed by atoms with van der Waals surface area (Å²) < 4.78 is 16.4. The van der Waals surface area contributed by atoms with E-state index in [1.54, 1.807) is 6.07 Å². The Morgan fingerprint density at radius 1 is 1.30 bits per heavy atom. The molecule has 5 nitrogen and oxygen atoms in total. The third-order valence-corrected chi connectivity index (χ3v) is 6.06. The summed E-state index contributed by atoms with van der Waals surface area (Å²) in [6.45, 7) is 6.78.